The Kier molecular flexibility index (Phi) is 2.88. The van der Waals surface area contributed by atoms with Crippen LogP contribution in [-0.4, -0.2) is 31.0 Å². The van der Waals surface area contributed by atoms with Gasteiger partial charge in [-0.15, -0.1) is 0 Å². The quantitative estimate of drug-likeness (QED) is 0.759. The minimum Gasteiger partial charge on any atom is -0.476 e. The van der Waals surface area contributed by atoms with Gasteiger partial charge in [-0.2, -0.15) is 0 Å². The molecule has 0 bridgehead atoms. The fourth-order valence-corrected chi connectivity index (χ4v) is 2.27. The average molecular weight is 272 g/mol. The Morgan fingerprint density at radius 3 is 2.74 bits per heavy atom. The molecule has 6 nitrogen and oxygen atoms in total. The molecular weight excluding hydrogens is 264 g/mol. The van der Waals surface area contributed by atoms with Crippen molar-refractivity contribution in [2.45, 2.75) is 10.2 Å². The SMILES string of the molecule is O=C(O)c1cnc(Sc2nc3ccccc3[nH]2)cn1. The fourth-order valence-electron chi connectivity index (χ4n) is 1.56. The van der Waals surface area contributed by atoms with Gasteiger partial charge in [-0.25, -0.2) is 19.7 Å². The predicted octanol–water partition coefficient (Wildman–Crippen LogP) is 2.20. The maximum Gasteiger partial charge on any atom is 0.356 e. The summed E-state index contributed by atoms with van der Waals surface area (Å²) >= 11 is 1.30. The molecule has 0 unspecified atom stereocenters. The van der Waals surface area contributed by atoms with Crippen LogP contribution in [0, 0.1) is 0 Å². The number of hydrogen-bond acceptors (Lipinski definition) is 5. The standard InChI is InChI=1S/C12H8N4O2S/c17-11(18)9-5-14-10(6-13-9)19-12-15-7-3-1-2-4-8(7)16-12/h1-6H,(H,15,16)(H,17,18). The van der Waals surface area contributed by atoms with Gasteiger partial charge in [0.1, 0.15) is 5.03 Å². The fraction of sp³-hybridized carbons (Fsp3) is 0. The van der Waals surface area contributed by atoms with Crippen LogP contribution in [0.2, 0.25) is 0 Å². The van der Waals surface area contributed by atoms with Crippen molar-refractivity contribution in [1.82, 2.24) is 19.9 Å². The smallest absolute Gasteiger partial charge is 0.356 e. The lowest BCUT2D eigenvalue weighted by atomic mass is 10.3. The van der Waals surface area contributed by atoms with Crippen LogP contribution in [0.15, 0.2) is 46.8 Å². The first kappa shape index (κ1) is 11.7. The number of fused-ring (bicyclic) bond motifs is 1. The number of imidazole rings is 1. The molecule has 0 spiro atoms. The molecule has 1 aromatic carbocycles. The topological polar surface area (TPSA) is 91.8 Å². The maximum absolute atomic E-state index is 10.7. The largest absolute Gasteiger partial charge is 0.476 e. The molecule has 0 aliphatic rings. The van der Waals surface area contributed by atoms with Gasteiger partial charge in [-0.05, 0) is 23.9 Å². The molecule has 0 aliphatic heterocycles. The molecule has 3 aromatic rings. The lowest BCUT2D eigenvalue weighted by Gasteiger charge is -1.96. The number of benzene rings is 1. The maximum atomic E-state index is 10.7. The van der Waals surface area contributed by atoms with Crippen LogP contribution in [0.4, 0.5) is 0 Å². The summed E-state index contributed by atoms with van der Waals surface area (Å²) in [6, 6.07) is 7.69. The van der Waals surface area contributed by atoms with E-state index in [1.54, 1.807) is 0 Å². The van der Waals surface area contributed by atoms with Crippen LogP contribution in [0.3, 0.4) is 0 Å². The summed E-state index contributed by atoms with van der Waals surface area (Å²) in [6.45, 7) is 0. The molecule has 0 radical (unpaired) electrons. The highest BCUT2D eigenvalue weighted by atomic mass is 32.2. The number of carbonyl (C=O) groups is 1. The predicted molar refractivity (Wildman–Crippen MR) is 69.2 cm³/mol. The van der Waals surface area contributed by atoms with Crippen molar-refractivity contribution in [3.05, 3.63) is 42.4 Å². The Balaban J connectivity index is 1.86. The first-order valence-corrected chi connectivity index (χ1v) is 6.22. The zero-order chi connectivity index (χ0) is 13.2. The van der Waals surface area contributed by atoms with Gasteiger partial charge in [0.25, 0.3) is 0 Å². The molecule has 0 amide bonds. The minimum absolute atomic E-state index is 0.0750. The molecule has 0 fully saturated rings. The Labute approximate surface area is 111 Å². The first-order valence-electron chi connectivity index (χ1n) is 5.40. The van der Waals surface area contributed by atoms with E-state index in [0.29, 0.717) is 10.2 Å². The normalized spacial score (nSPS) is 10.7. The lowest BCUT2D eigenvalue weighted by molar-refractivity contribution is 0.0689. The molecule has 2 heterocycles. The highest BCUT2D eigenvalue weighted by Gasteiger charge is 2.08. The van der Waals surface area contributed by atoms with E-state index in [0.717, 1.165) is 11.0 Å². The monoisotopic (exact) mass is 272 g/mol. The number of carboxylic acids is 1. The molecule has 2 N–H and O–H groups in total. The van der Waals surface area contributed by atoms with E-state index in [4.69, 9.17) is 5.11 Å². The highest BCUT2D eigenvalue weighted by molar-refractivity contribution is 7.99. The van der Waals surface area contributed by atoms with E-state index in [9.17, 15) is 4.79 Å². The van der Waals surface area contributed by atoms with E-state index in [1.165, 1.54) is 24.2 Å². The van der Waals surface area contributed by atoms with Gasteiger partial charge in [0, 0.05) is 0 Å². The van der Waals surface area contributed by atoms with Gasteiger partial charge in [0.05, 0.1) is 23.4 Å². The molecule has 0 saturated heterocycles. The third-order valence-corrected chi connectivity index (χ3v) is 3.22. The van der Waals surface area contributed by atoms with Crippen LogP contribution >= 0.6 is 11.8 Å². The van der Waals surface area contributed by atoms with E-state index in [-0.39, 0.29) is 5.69 Å². The number of aromatic carboxylic acids is 1. The van der Waals surface area contributed by atoms with Gasteiger partial charge in [-0.1, -0.05) is 12.1 Å². The molecule has 3 rings (SSSR count). The molecule has 0 aliphatic carbocycles. The summed E-state index contributed by atoms with van der Waals surface area (Å²) in [5, 5.41) is 10.0. The van der Waals surface area contributed by atoms with Crippen LogP contribution in [0.25, 0.3) is 11.0 Å². The second-order valence-electron chi connectivity index (χ2n) is 3.71. The zero-order valence-corrected chi connectivity index (χ0v) is 10.4. The van der Waals surface area contributed by atoms with Gasteiger partial charge in [0.2, 0.25) is 0 Å². The summed E-state index contributed by atoms with van der Waals surface area (Å²) in [5.41, 5.74) is 1.74. The van der Waals surface area contributed by atoms with E-state index >= 15 is 0 Å². The molecule has 7 heteroatoms. The van der Waals surface area contributed by atoms with Crippen LogP contribution < -0.4 is 0 Å². The van der Waals surface area contributed by atoms with Crippen LogP contribution in [0.5, 0.6) is 0 Å². The van der Waals surface area contributed by atoms with Crippen molar-refractivity contribution < 1.29 is 9.90 Å². The summed E-state index contributed by atoms with van der Waals surface area (Å²) in [6.07, 6.45) is 2.65. The summed E-state index contributed by atoms with van der Waals surface area (Å²) in [7, 11) is 0. The highest BCUT2D eigenvalue weighted by Crippen LogP contribution is 2.24. The third-order valence-electron chi connectivity index (χ3n) is 2.42. The van der Waals surface area contributed by atoms with Gasteiger partial charge >= 0.3 is 5.97 Å². The zero-order valence-electron chi connectivity index (χ0n) is 9.57. The number of rotatable bonds is 3. The van der Waals surface area contributed by atoms with Crippen molar-refractivity contribution >= 4 is 28.8 Å². The number of aromatic amines is 1. The number of para-hydroxylation sites is 2. The minimum atomic E-state index is -1.09. The first-order chi connectivity index (χ1) is 9.22. The summed E-state index contributed by atoms with van der Waals surface area (Å²) in [5.74, 6) is -1.09. The van der Waals surface area contributed by atoms with Gasteiger partial charge in [-0.3, -0.25) is 0 Å². The van der Waals surface area contributed by atoms with Crippen molar-refractivity contribution in [3.8, 4) is 0 Å². The van der Waals surface area contributed by atoms with E-state index in [1.807, 2.05) is 24.3 Å². The summed E-state index contributed by atoms with van der Waals surface area (Å²) < 4.78 is 0. The summed E-state index contributed by atoms with van der Waals surface area (Å²) in [4.78, 5) is 26.0. The number of hydrogen-bond donors (Lipinski definition) is 2. The molecular formula is C12H8N4O2S. The molecule has 94 valence electrons. The molecule has 0 atom stereocenters. The number of aromatic nitrogens is 4. The van der Waals surface area contributed by atoms with Crippen molar-refractivity contribution in [1.29, 1.82) is 0 Å². The van der Waals surface area contributed by atoms with Gasteiger partial charge < -0.3 is 10.1 Å². The second kappa shape index (κ2) is 4.69. The van der Waals surface area contributed by atoms with E-state index in [2.05, 4.69) is 19.9 Å². The van der Waals surface area contributed by atoms with Crippen molar-refractivity contribution in [2.75, 3.05) is 0 Å². The Morgan fingerprint density at radius 2 is 2.05 bits per heavy atom. The van der Waals surface area contributed by atoms with Crippen molar-refractivity contribution in [3.63, 3.8) is 0 Å². The molecule has 0 saturated carbocycles. The average Bonchev–Trinajstić information content (AvgIpc) is 2.81. The third kappa shape index (κ3) is 2.41. The Morgan fingerprint density at radius 1 is 1.21 bits per heavy atom. The Bertz CT molecular complexity index is 706. The number of nitrogens with one attached hydrogen (secondary N) is 1. The number of H-pyrrole nitrogens is 1. The molecule has 19 heavy (non-hydrogen) atoms. The number of nitrogens with zero attached hydrogens (tertiary/aromatic N) is 3. The second-order valence-corrected chi connectivity index (χ2v) is 4.72. The van der Waals surface area contributed by atoms with Crippen molar-refractivity contribution in [2.24, 2.45) is 0 Å². The van der Waals surface area contributed by atoms with E-state index < -0.39 is 5.97 Å². The Hall–Kier alpha value is -2.41. The van der Waals surface area contributed by atoms with Crippen LogP contribution in [0.1, 0.15) is 10.5 Å². The van der Waals surface area contributed by atoms with Crippen LogP contribution in [-0.2, 0) is 0 Å². The van der Waals surface area contributed by atoms with Gasteiger partial charge in [0.15, 0.2) is 10.9 Å². The lowest BCUT2D eigenvalue weighted by Crippen LogP contribution is -2.00. The molecule has 2 aromatic heterocycles. The number of carboxylic acid groups (broad SMARTS) is 1.